The van der Waals surface area contributed by atoms with Gasteiger partial charge in [-0.25, -0.2) is 0 Å². The first-order valence-corrected chi connectivity index (χ1v) is 10.3. The van der Waals surface area contributed by atoms with E-state index >= 15 is 0 Å². The quantitative estimate of drug-likeness (QED) is 0.488. The predicted molar refractivity (Wildman–Crippen MR) is 66.7 cm³/mol. The number of halogens is 1. The van der Waals surface area contributed by atoms with Gasteiger partial charge < -0.3 is 0 Å². The van der Waals surface area contributed by atoms with Crippen LogP contribution in [-0.2, 0) is 0 Å². The average molecular weight is 231 g/mol. The van der Waals surface area contributed by atoms with Gasteiger partial charge in [0.2, 0.25) is 0 Å². The van der Waals surface area contributed by atoms with Gasteiger partial charge in [0.1, 0.15) is 0 Å². The summed E-state index contributed by atoms with van der Waals surface area (Å²) < 4.78 is 0. The summed E-state index contributed by atoms with van der Waals surface area (Å²) in [6, 6.07) is 1.54. The van der Waals surface area contributed by atoms with Crippen molar-refractivity contribution in [2.45, 2.75) is 56.7 Å². The Labute approximate surface area is 94.4 Å². The molecule has 0 aromatic heterocycles. The molecule has 82 valence electrons. The van der Waals surface area contributed by atoms with E-state index in [0.717, 1.165) is 17.8 Å². The van der Waals surface area contributed by atoms with Gasteiger partial charge in [-0.1, -0.05) is 32.1 Å². The molecule has 0 aromatic carbocycles. The van der Waals surface area contributed by atoms with Crippen molar-refractivity contribution >= 4 is 19.7 Å². The molecule has 2 rings (SSSR count). The van der Waals surface area contributed by atoms with Crippen molar-refractivity contribution < 1.29 is 0 Å². The molecule has 0 amide bonds. The summed E-state index contributed by atoms with van der Waals surface area (Å²) in [4.78, 5) is 0. The second-order valence-corrected chi connectivity index (χ2v) is 12.6. The van der Waals surface area contributed by atoms with Gasteiger partial charge in [0, 0.05) is 13.5 Å². The molecule has 2 aliphatic rings. The van der Waals surface area contributed by atoms with E-state index in [0.29, 0.717) is 5.38 Å². The zero-order valence-electron chi connectivity index (χ0n) is 9.72. The van der Waals surface area contributed by atoms with E-state index in [1.807, 2.05) is 0 Å². The van der Waals surface area contributed by atoms with Crippen LogP contribution in [0.25, 0.3) is 0 Å². The summed E-state index contributed by atoms with van der Waals surface area (Å²) in [5.41, 5.74) is 0. The maximum absolute atomic E-state index is 6.36. The smallest absolute Gasteiger partial charge is 0.0445 e. The van der Waals surface area contributed by atoms with Crippen molar-refractivity contribution in [2.75, 3.05) is 0 Å². The van der Waals surface area contributed by atoms with Crippen molar-refractivity contribution in [3.8, 4) is 0 Å². The molecule has 0 heterocycles. The SMILES string of the molecule is C[Si](C)(C)C[C@@H]1CC[C@H]2[C@@H]1CC[C@@H]2Cl. The molecule has 2 saturated carbocycles. The van der Waals surface area contributed by atoms with Gasteiger partial charge >= 0.3 is 0 Å². The van der Waals surface area contributed by atoms with Crippen LogP contribution in [0, 0.1) is 17.8 Å². The lowest BCUT2D eigenvalue weighted by Gasteiger charge is -2.25. The number of rotatable bonds is 2. The summed E-state index contributed by atoms with van der Waals surface area (Å²) in [6.45, 7) is 7.52. The molecule has 4 atom stereocenters. The zero-order chi connectivity index (χ0) is 10.3. The highest BCUT2D eigenvalue weighted by Crippen LogP contribution is 2.51. The van der Waals surface area contributed by atoms with Gasteiger partial charge in [-0.2, -0.15) is 0 Å². The summed E-state index contributed by atoms with van der Waals surface area (Å²) in [5.74, 6) is 2.93. The number of hydrogen-bond donors (Lipinski definition) is 0. The lowest BCUT2D eigenvalue weighted by Crippen LogP contribution is -2.26. The molecule has 0 N–H and O–H groups in total. The van der Waals surface area contributed by atoms with Crippen molar-refractivity contribution in [1.29, 1.82) is 0 Å². The summed E-state index contributed by atoms with van der Waals surface area (Å²) >= 11 is 6.36. The molecule has 14 heavy (non-hydrogen) atoms. The molecule has 2 fully saturated rings. The molecule has 2 heteroatoms. The Kier molecular flexibility index (Phi) is 3.01. The molecule has 0 bridgehead atoms. The lowest BCUT2D eigenvalue weighted by atomic mass is 9.93. The molecular formula is C12H23ClSi. The third-order valence-electron chi connectivity index (χ3n) is 4.14. The van der Waals surface area contributed by atoms with Gasteiger partial charge in [0.25, 0.3) is 0 Å². The molecule has 0 aliphatic heterocycles. The molecule has 0 spiro atoms. The van der Waals surface area contributed by atoms with Crippen molar-refractivity contribution in [2.24, 2.45) is 17.8 Å². The number of hydrogen-bond acceptors (Lipinski definition) is 0. The fourth-order valence-corrected chi connectivity index (χ4v) is 6.21. The zero-order valence-corrected chi connectivity index (χ0v) is 11.5. The first kappa shape index (κ1) is 11.0. The fourth-order valence-electron chi connectivity index (χ4n) is 3.69. The van der Waals surface area contributed by atoms with Crippen LogP contribution in [0.5, 0.6) is 0 Å². The van der Waals surface area contributed by atoms with Crippen LogP contribution >= 0.6 is 11.6 Å². The molecular weight excluding hydrogens is 208 g/mol. The maximum Gasteiger partial charge on any atom is 0.0445 e. The van der Waals surface area contributed by atoms with E-state index in [1.54, 1.807) is 0 Å². The molecule has 0 nitrogen and oxygen atoms in total. The Morgan fingerprint density at radius 3 is 2.29 bits per heavy atom. The maximum atomic E-state index is 6.36. The van der Waals surface area contributed by atoms with Gasteiger partial charge in [-0.3, -0.25) is 0 Å². The van der Waals surface area contributed by atoms with Gasteiger partial charge in [-0.05, 0) is 37.0 Å². The average Bonchev–Trinajstić information content (AvgIpc) is 2.55. The minimum atomic E-state index is -0.847. The predicted octanol–water partition coefficient (Wildman–Crippen LogP) is 4.37. The van der Waals surface area contributed by atoms with Crippen LogP contribution in [0.4, 0.5) is 0 Å². The van der Waals surface area contributed by atoms with E-state index in [2.05, 4.69) is 19.6 Å². The molecule has 2 aliphatic carbocycles. The lowest BCUT2D eigenvalue weighted by molar-refractivity contribution is 0.375. The van der Waals surface area contributed by atoms with Crippen molar-refractivity contribution in [3.63, 3.8) is 0 Å². The van der Waals surface area contributed by atoms with Gasteiger partial charge in [0.15, 0.2) is 0 Å². The van der Waals surface area contributed by atoms with E-state index < -0.39 is 8.07 Å². The summed E-state index contributed by atoms with van der Waals surface area (Å²) in [5, 5.41) is 0.520. The van der Waals surface area contributed by atoms with E-state index in [-0.39, 0.29) is 0 Å². The minimum Gasteiger partial charge on any atom is -0.123 e. The Hall–Kier alpha value is 0.507. The largest absolute Gasteiger partial charge is 0.123 e. The molecule has 0 aromatic rings. The standard InChI is InChI=1S/C12H23ClSi/c1-14(2,3)8-9-4-5-11-10(9)6-7-12(11)13/h9-12H,4-8H2,1-3H3/t9-,10+,11-,12-/m0/s1. The van der Waals surface area contributed by atoms with Crippen molar-refractivity contribution in [3.05, 3.63) is 0 Å². The number of alkyl halides is 1. The van der Waals surface area contributed by atoms with Crippen LogP contribution in [-0.4, -0.2) is 13.5 Å². The topological polar surface area (TPSA) is 0 Å². The van der Waals surface area contributed by atoms with Crippen LogP contribution < -0.4 is 0 Å². The Morgan fingerprint density at radius 1 is 1.00 bits per heavy atom. The van der Waals surface area contributed by atoms with E-state index in [1.165, 1.54) is 31.7 Å². The van der Waals surface area contributed by atoms with Gasteiger partial charge in [-0.15, -0.1) is 11.6 Å². The molecule has 0 saturated heterocycles. The second-order valence-electron chi connectivity index (χ2n) is 6.52. The summed E-state index contributed by atoms with van der Waals surface area (Å²) in [6.07, 6.45) is 5.61. The van der Waals surface area contributed by atoms with E-state index in [4.69, 9.17) is 11.6 Å². The molecule has 0 unspecified atom stereocenters. The third kappa shape index (κ3) is 2.19. The third-order valence-corrected chi connectivity index (χ3v) is 6.43. The first-order valence-electron chi connectivity index (χ1n) is 6.11. The Bertz CT molecular complexity index is 209. The molecule has 0 radical (unpaired) electrons. The van der Waals surface area contributed by atoms with Crippen LogP contribution in [0.15, 0.2) is 0 Å². The Balaban J connectivity index is 1.97. The minimum absolute atomic E-state index is 0.520. The number of fused-ring (bicyclic) bond motifs is 1. The highest BCUT2D eigenvalue weighted by molar-refractivity contribution is 6.76. The highest BCUT2D eigenvalue weighted by atomic mass is 35.5. The van der Waals surface area contributed by atoms with E-state index in [9.17, 15) is 0 Å². The van der Waals surface area contributed by atoms with Gasteiger partial charge in [0.05, 0.1) is 0 Å². The highest BCUT2D eigenvalue weighted by Gasteiger charge is 2.44. The fraction of sp³-hybridized carbons (Fsp3) is 1.00. The normalized spacial score (nSPS) is 42.9. The van der Waals surface area contributed by atoms with Crippen molar-refractivity contribution in [1.82, 2.24) is 0 Å². The monoisotopic (exact) mass is 230 g/mol. The Morgan fingerprint density at radius 2 is 1.64 bits per heavy atom. The summed E-state index contributed by atoms with van der Waals surface area (Å²) in [7, 11) is -0.847. The van der Waals surface area contributed by atoms with Crippen LogP contribution in [0.1, 0.15) is 25.7 Å². The first-order chi connectivity index (χ1) is 6.47. The van der Waals surface area contributed by atoms with Crippen LogP contribution in [0.2, 0.25) is 25.7 Å². The van der Waals surface area contributed by atoms with Crippen LogP contribution in [0.3, 0.4) is 0 Å². The second kappa shape index (κ2) is 3.82.